The first kappa shape index (κ1) is 16.9. The summed E-state index contributed by atoms with van der Waals surface area (Å²) in [7, 11) is 0. The Kier molecular flexibility index (Phi) is 5.12. The van der Waals surface area contributed by atoms with Crippen LogP contribution in [-0.2, 0) is 11.3 Å². The van der Waals surface area contributed by atoms with E-state index in [1.165, 1.54) is 12.1 Å². The van der Waals surface area contributed by atoms with Crippen molar-refractivity contribution >= 4 is 5.91 Å². The molecule has 1 aromatic rings. The third-order valence-corrected chi connectivity index (χ3v) is 4.84. The smallest absolute Gasteiger partial charge is 0.249 e. The molecule has 128 valence electrons. The molecule has 0 aromatic heterocycles. The van der Waals surface area contributed by atoms with Crippen molar-refractivity contribution in [1.82, 2.24) is 10.2 Å². The molecule has 1 atom stereocenters. The summed E-state index contributed by atoms with van der Waals surface area (Å²) in [6, 6.07) is 6.66. The van der Waals surface area contributed by atoms with Crippen LogP contribution >= 0.6 is 0 Å². The average Bonchev–Trinajstić information content (AvgIpc) is 3.41. The van der Waals surface area contributed by atoms with E-state index in [1.807, 2.05) is 6.07 Å². The van der Waals surface area contributed by atoms with Gasteiger partial charge in [-0.05, 0) is 62.9 Å². The van der Waals surface area contributed by atoms with Crippen LogP contribution in [0.15, 0.2) is 18.2 Å². The number of nitrogens with zero attached hydrogens (tertiary/aromatic N) is 2. The van der Waals surface area contributed by atoms with Crippen molar-refractivity contribution in [3.63, 3.8) is 0 Å². The van der Waals surface area contributed by atoms with E-state index in [0.717, 1.165) is 12.8 Å². The van der Waals surface area contributed by atoms with E-state index >= 15 is 0 Å². The summed E-state index contributed by atoms with van der Waals surface area (Å²) in [4.78, 5) is 14.0. The highest BCUT2D eigenvalue weighted by Crippen LogP contribution is 2.25. The minimum Gasteiger partial charge on any atom is -0.383 e. The van der Waals surface area contributed by atoms with Crippen molar-refractivity contribution in [3.8, 4) is 6.07 Å². The number of hydrogen-bond acceptors (Lipinski definition) is 4. The van der Waals surface area contributed by atoms with Gasteiger partial charge in [0, 0.05) is 18.2 Å². The number of benzene rings is 1. The molecule has 0 bridgehead atoms. The fourth-order valence-corrected chi connectivity index (χ4v) is 3.16. The van der Waals surface area contributed by atoms with Gasteiger partial charge < -0.3 is 10.4 Å². The number of rotatable bonds is 5. The number of halogens is 1. The molecule has 24 heavy (non-hydrogen) atoms. The lowest BCUT2D eigenvalue weighted by Gasteiger charge is -2.33. The number of carbonyl (C=O) groups excluding carboxylic acids is 1. The van der Waals surface area contributed by atoms with Crippen LogP contribution in [0.5, 0.6) is 0 Å². The molecule has 1 saturated heterocycles. The predicted octanol–water partition coefficient (Wildman–Crippen LogP) is 1.55. The van der Waals surface area contributed by atoms with Gasteiger partial charge in [-0.15, -0.1) is 0 Å². The molecule has 1 amide bonds. The van der Waals surface area contributed by atoms with Crippen LogP contribution < -0.4 is 5.32 Å². The number of aliphatic hydroxyl groups excluding tert-OH is 1. The van der Waals surface area contributed by atoms with Crippen LogP contribution in [0.4, 0.5) is 4.39 Å². The second-order valence-corrected chi connectivity index (χ2v) is 6.76. The molecule has 1 heterocycles. The van der Waals surface area contributed by atoms with Gasteiger partial charge in [-0.3, -0.25) is 9.69 Å². The predicted molar refractivity (Wildman–Crippen MR) is 86.3 cm³/mol. The topological polar surface area (TPSA) is 76.4 Å². The fourth-order valence-electron chi connectivity index (χ4n) is 3.16. The SMILES string of the molecule is N#Cc1ccc(F)c(CN2CCC(C(O)C(=O)NC3CC3)CC2)c1. The lowest BCUT2D eigenvalue weighted by Crippen LogP contribution is -2.45. The minimum absolute atomic E-state index is 0.0460. The monoisotopic (exact) mass is 331 g/mol. The molecule has 3 rings (SSSR count). The van der Waals surface area contributed by atoms with E-state index in [1.54, 1.807) is 6.07 Å². The van der Waals surface area contributed by atoms with Gasteiger partial charge in [0.1, 0.15) is 11.9 Å². The Balaban J connectivity index is 1.51. The number of likely N-dealkylation sites (tertiary alicyclic amines) is 1. The fraction of sp³-hybridized carbons (Fsp3) is 0.556. The van der Waals surface area contributed by atoms with Gasteiger partial charge in [0.05, 0.1) is 11.6 Å². The second kappa shape index (κ2) is 7.29. The zero-order chi connectivity index (χ0) is 17.1. The molecule has 1 aromatic carbocycles. The Labute approximate surface area is 141 Å². The number of carbonyl (C=O) groups is 1. The van der Waals surface area contributed by atoms with E-state index in [-0.39, 0.29) is 23.7 Å². The molecular weight excluding hydrogens is 309 g/mol. The first-order chi connectivity index (χ1) is 11.6. The molecule has 2 N–H and O–H groups in total. The molecule has 1 unspecified atom stereocenters. The van der Waals surface area contributed by atoms with E-state index in [0.29, 0.717) is 43.6 Å². The molecule has 1 aliphatic carbocycles. The second-order valence-electron chi connectivity index (χ2n) is 6.76. The molecule has 2 fully saturated rings. The molecule has 5 nitrogen and oxygen atoms in total. The lowest BCUT2D eigenvalue weighted by molar-refractivity contribution is -0.133. The largest absolute Gasteiger partial charge is 0.383 e. The van der Waals surface area contributed by atoms with Crippen molar-refractivity contribution in [3.05, 3.63) is 35.1 Å². The van der Waals surface area contributed by atoms with Crippen LogP contribution in [-0.4, -0.2) is 41.1 Å². The number of aliphatic hydroxyl groups is 1. The molecule has 1 aliphatic heterocycles. The highest BCUT2D eigenvalue weighted by Gasteiger charge is 2.33. The van der Waals surface area contributed by atoms with Gasteiger partial charge in [0.2, 0.25) is 5.91 Å². The van der Waals surface area contributed by atoms with Crippen molar-refractivity contribution in [1.29, 1.82) is 5.26 Å². The Morgan fingerprint density at radius 1 is 1.38 bits per heavy atom. The van der Waals surface area contributed by atoms with Gasteiger partial charge in [-0.2, -0.15) is 5.26 Å². The van der Waals surface area contributed by atoms with Gasteiger partial charge in [0.25, 0.3) is 0 Å². The van der Waals surface area contributed by atoms with E-state index in [4.69, 9.17) is 5.26 Å². The summed E-state index contributed by atoms with van der Waals surface area (Å²) in [5.74, 6) is -0.612. The van der Waals surface area contributed by atoms with E-state index in [9.17, 15) is 14.3 Å². The maximum absolute atomic E-state index is 13.9. The Morgan fingerprint density at radius 2 is 2.08 bits per heavy atom. The van der Waals surface area contributed by atoms with Crippen molar-refractivity contribution in [2.24, 2.45) is 5.92 Å². The molecule has 0 radical (unpaired) electrons. The van der Waals surface area contributed by atoms with Crippen LogP contribution in [0.2, 0.25) is 0 Å². The van der Waals surface area contributed by atoms with Gasteiger partial charge in [-0.25, -0.2) is 4.39 Å². The molecule has 2 aliphatic rings. The zero-order valence-electron chi connectivity index (χ0n) is 13.5. The summed E-state index contributed by atoms with van der Waals surface area (Å²) in [6.07, 6.45) is 2.47. The standard InChI is InChI=1S/C18H22FN3O2/c19-16-4-1-12(10-20)9-14(16)11-22-7-5-13(6-8-22)17(23)18(24)21-15-2-3-15/h1,4,9,13,15,17,23H,2-3,5-8,11H2,(H,21,24). The van der Waals surface area contributed by atoms with Crippen molar-refractivity contribution in [2.75, 3.05) is 13.1 Å². The Morgan fingerprint density at radius 3 is 2.71 bits per heavy atom. The summed E-state index contributed by atoms with van der Waals surface area (Å²) >= 11 is 0. The zero-order valence-corrected chi connectivity index (χ0v) is 13.5. The third-order valence-electron chi connectivity index (χ3n) is 4.84. The number of amides is 1. The van der Waals surface area contributed by atoms with Crippen LogP contribution in [0.25, 0.3) is 0 Å². The molecule has 1 saturated carbocycles. The average molecular weight is 331 g/mol. The summed E-state index contributed by atoms with van der Waals surface area (Å²) < 4.78 is 13.9. The number of piperidine rings is 1. The van der Waals surface area contributed by atoms with E-state index in [2.05, 4.69) is 10.2 Å². The maximum Gasteiger partial charge on any atom is 0.249 e. The third kappa shape index (κ3) is 4.11. The van der Waals surface area contributed by atoms with Gasteiger partial charge >= 0.3 is 0 Å². The maximum atomic E-state index is 13.9. The summed E-state index contributed by atoms with van der Waals surface area (Å²) in [6.45, 7) is 1.85. The minimum atomic E-state index is -0.952. The Bertz CT molecular complexity index is 646. The lowest BCUT2D eigenvalue weighted by atomic mass is 9.90. The van der Waals surface area contributed by atoms with Crippen LogP contribution in [0.1, 0.15) is 36.8 Å². The highest BCUT2D eigenvalue weighted by atomic mass is 19.1. The first-order valence-corrected chi connectivity index (χ1v) is 8.46. The quantitative estimate of drug-likeness (QED) is 0.858. The number of hydrogen-bond donors (Lipinski definition) is 2. The van der Waals surface area contributed by atoms with Gasteiger partial charge in [0.15, 0.2) is 0 Å². The van der Waals surface area contributed by atoms with Gasteiger partial charge in [-0.1, -0.05) is 0 Å². The van der Waals surface area contributed by atoms with Crippen LogP contribution in [0.3, 0.4) is 0 Å². The number of nitrogens with one attached hydrogen (secondary N) is 1. The molecule has 0 spiro atoms. The van der Waals surface area contributed by atoms with E-state index < -0.39 is 6.10 Å². The highest BCUT2D eigenvalue weighted by molar-refractivity contribution is 5.81. The van der Waals surface area contributed by atoms with Crippen LogP contribution in [0, 0.1) is 23.1 Å². The number of nitriles is 1. The Hall–Kier alpha value is -1.97. The summed E-state index contributed by atoms with van der Waals surface area (Å²) in [5.41, 5.74) is 0.966. The van der Waals surface area contributed by atoms with Crippen molar-refractivity contribution < 1.29 is 14.3 Å². The molecule has 6 heteroatoms. The first-order valence-electron chi connectivity index (χ1n) is 8.46. The molecular formula is C18H22FN3O2. The normalized spacial score (nSPS) is 20.4. The van der Waals surface area contributed by atoms with Crippen molar-refractivity contribution in [2.45, 2.75) is 44.4 Å². The summed E-state index contributed by atoms with van der Waals surface area (Å²) in [5, 5.41) is 21.9.